The van der Waals surface area contributed by atoms with Crippen molar-refractivity contribution < 1.29 is 28.9 Å². The molecule has 5 rings (SSSR count). The van der Waals surface area contributed by atoms with E-state index < -0.39 is 5.97 Å². The minimum Gasteiger partial charge on any atom is -0.481 e. The summed E-state index contributed by atoms with van der Waals surface area (Å²) in [6.45, 7) is 9.11. The molecule has 0 aromatic carbocycles. The molecule has 7 heteroatoms. The van der Waals surface area contributed by atoms with Gasteiger partial charge >= 0.3 is 11.9 Å². The molecular weight excluding hydrogens is 494 g/mol. The van der Waals surface area contributed by atoms with Crippen molar-refractivity contribution in [3.63, 3.8) is 0 Å². The average molecular weight is 546 g/mol. The van der Waals surface area contributed by atoms with Crippen molar-refractivity contribution in [2.45, 2.75) is 90.8 Å². The lowest BCUT2D eigenvalue weighted by Crippen LogP contribution is -2.64. The molecular formula is C32H51NO6. The molecule has 2 N–H and O–H groups in total. The van der Waals surface area contributed by atoms with Crippen molar-refractivity contribution in [1.82, 2.24) is 5.32 Å². The van der Waals surface area contributed by atoms with Gasteiger partial charge in [-0.1, -0.05) is 32.4 Å². The summed E-state index contributed by atoms with van der Waals surface area (Å²) >= 11 is 0. The van der Waals surface area contributed by atoms with Crippen molar-refractivity contribution in [3.8, 4) is 0 Å². The Labute approximate surface area is 234 Å². The highest BCUT2D eigenvalue weighted by atomic mass is 16.6. The zero-order chi connectivity index (χ0) is 27.7. The summed E-state index contributed by atoms with van der Waals surface area (Å²) in [6, 6.07) is 0. The fourth-order valence-corrected chi connectivity index (χ4v) is 9.71. The number of esters is 1. The van der Waals surface area contributed by atoms with Crippen LogP contribution in [-0.4, -0.2) is 62.7 Å². The Morgan fingerprint density at radius 3 is 2.72 bits per heavy atom. The number of ether oxygens (including phenoxy) is 3. The number of hydrogen-bond donors (Lipinski definition) is 2. The van der Waals surface area contributed by atoms with E-state index in [1.807, 2.05) is 14.0 Å². The van der Waals surface area contributed by atoms with Gasteiger partial charge in [-0.25, -0.2) is 0 Å². The molecule has 39 heavy (non-hydrogen) atoms. The zero-order valence-corrected chi connectivity index (χ0v) is 24.5. The smallest absolute Gasteiger partial charge is 0.307 e. The standard InChI is InChI=1S/C32H51NO6/c1-5-6-28(34)39-27-16-32-18-37-17-24(30(27)38-14-13-33-4)26(32)11-9-22-21-8-7-20(15-19(2)3)29(31(35)36)23(21)10-12-25(22)32/h12,19-24,26-27,29-30,33H,5-11,13-18H2,1-4H3,(H,35,36)/t20?,21?,22?,23?,24?,26?,27-,29?,30-,32+/m1/s1. The fourth-order valence-electron chi connectivity index (χ4n) is 9.71. The lowest BCUT2D eigenvalue weighted by molar-refractivity contribution is -0.225. The predicted octanol–water partition coefficient (Wildman–Crippen LogP) is 5.09. The van der Waals surface area contributed by atoms with E-state index in [0.717, 1.165) is 57.9 Å². The summed E-state index contributed by atoms with van der Waals surface area (Å²) in [7, 11) is 1.92. The Hall–Kier alpha value is -1.44. The molecule has 7 unspecified atom stereocenters. The fraction of sp³-hybridized carbons (Fsp3) is 0.875. The first-order valence-electron chi connectivity index (χ1n) is 15.8. The first-order valence-corrected chi connectivity index (χ1v) is 15.8. The Morgan fingerprint density at radius 1 is 1.18 bits per heavy atom. The van der Waals surface area contributed by atoms with E-state index in [4.69, 9.17) is 14.2 Å². The molecule has 4 fully saturated rings. The maximum Gasteiger partial charge on any atom is 0.307 e. The molecule has 0 aromatic heterocycles. The molecule has 0 radical (unpaired) electrons. The van der Waals surface area contributed by atoms with Crippen LogP contribution in [-0.2, 0) is 23.8 Å². The van der Waals surface area contributed by atoms with E-state index in [1.54, 1.807) is 0 Å². The monoisotopic (exact) mass is 545 g/mol. The molecule has 7 nitrogen and oxygen atoms in total. The van der Waals surface area contributed by atoms with E-state index in [-0.39, 0.29) is 47.3 Å². The minimum atomic E-state index is -0.595. The van der Waals surface area contributed by atoms with E-state index in [0.29, 0.717) is 49.9 Å². The van der Waals surface area contributed by atoms with Gasteiger partial charge in [-0.3, -0.25) is 9.59 Å². The highest BCUT2D eigenvalue weighted by Crippen LogP contribution is 2.65. The normalized spacial score (nSPS) is 41.2. The molecule has 4 aliphatic carbocycles. The zero-order valence-electron chi connectivity index (χ0n) is 24.5. The van der Waals surface area contributed by atoms with Crippen LogP contribution in [0.5, 0.6) is 0 Å². The summed E-state index contributed by atoms with van der Waals surface area (Å²) in [5.74, 6) is 1.56. The number of aliphatic carboxylic acids is 1. The number of nitrogens with one attached hydrogen (secondary N) is 1. The minimum absolute atomic E-state index is 0.128. The van der Waals surface area contributed by atoms with Crippen LogP contribution < -0.4 is 5.32 Å². The van der Waals surface area contributed by atoms with Crippen molar-refractivity contribution in [2.24, 2.45) is 52.8 Å². The van der Waals surface area contributed by atoms with Gasteiger partial charge in [-0.05, 0) is 93.9 Å². The van der Waals surface area contributed by atoms with Gasteiger partial charge in [-0.2, -0.15) is 0 Å². The summed E-state index contributed by atoms with van der Waals surface area (Å²) in [5.41, 5.74) is 1.37. The number of carbonyl (C=O) groups is 2. The largest absolute Gasteiger partial charge is 0.481 e. The molecule has 10 atom stereocenters. The summed E-state index contributed by atoms with van der Waals surface area (Å²) in [6.07, 6.45) is 10.2. The third-order valence-corrected chi connectivity index (χ3v) is 11.0. The first kappa shape index (κ1) is 29.1. The number of fused-ring (bicyclic) bond motifs is 3. The molecule has 1 heterocycles. The number of carboxylic acids is 1. The van der Waals surface area contributed by atoms with Crippen molar-refractivity contribution >= 4 is 11.9 Å². The summed E-state index contributed by atoms with van der Waals surface area (Å²) < 4.78 is 19.0. The van der Waals surface area contributed by atoms with Crippen molar-refractivity contribution in [2.75, 3.05) is 33.4 Å². The molecule has 0 amide bonds. The highest BCUT2D eigenvalue weighted by Gasteiger charge is 2.63. The van der Waals surface area contributed by atoms with Crippen LogP contribution in [0.25, 0.3) is 0 Å². The van der Waals surface area contributed by atoms with Crippen LogP contribution >= 0.6 is 0 Å². The maximum atomic E-state index is 12.8. The van der Waals surface area contributed by atoms with Gasteiger partial charge in [0.25, 0.3) is 0 Å². The van der Waals surface area contributed by atoms with Gasteiger partial charge in [0.2, 0.25) is 0 Å². The third-order valence-electron chi connectivity index (χ3n) is 11.0. The lowest BCUT2D eigenvalue weighted by Gasteiger charge is -2.63. The number of carboxylic acid groups (broad SMARTS) is 1. The SMILES string of the molecule is CCCC(=O)O[C@@H]1C[C@@]23COCC(C2CCC2C3=CCC3C2CCC(CC(C)C)C3C(=O)O)[C@H]1OCCNC. The van der Waals surface area contributed by atoms with Crippen LogP contribution in [0.2, 0.25) is 0 Å². The highest BCUT2D eigenvalue weighted by molar-refractivity contribution is 5.71. The molecule has 220 valence electrons. The molecule has 2 bridgehead atoms. The topological polar surface area (TPSA) is 94.1 Å². The van der Waals surface area contributed by atoms with E-state index in [2.05, 4.69) is 25.2 Å². The molecule has 1 aliphatic heterocycles. The molecule has 0 aromatic rings. The number of likely N-dealkylation sites (N-methyl/N-ethyl adjacent to an activating group) is 1. The number of rotatable bonds is 10. The van der Waals surface area contributed by atoms with E-state index in [1.165, 1.54) is 5.57 Å². The van der Waals surface area contributed by atoms with Gasteiger partial charge in [0.05, 0.1) is 31.8 Å². The van der Waals surface area contributed by atoms with E-state index >= 15 is 0 Å². The Kier molecular flexibility index (Phi) is 9.09. The van der Waals surface area contributed by atoms with Gasteiger partial charge in [0.1, 0.15) is 6.10 Å². The Bertz CT molecular complexity index is 918. The van der Waals surface area contributed by atoms with Crippen LogP contribution in [0.15, 0.2) is 11.6 Å². The third kappa shape index (κ3) is 5.44. The molecule has 1 saturated heterocycles. The maximum absolute atomic E-state index is 12.8. The second kappa shape index (κ2) is 12.2. The molecule has 0 spiro atoms. The Morgan fingerprint density at radius 2 is 2.00 bits per heavy atom. The second-order valence-electron chi connectivity index (χ2n) is 13.6. The number of carbonyl (C=O) groups excluding carboxylic acids is 1. The number of allylic oxidation sites excluding steroid dienone is 1. The summed E-state index contributed by atoms with van der Waals surface area (Å²) in [4.78, 5) is 25.3. The van der Waals surface area contributed by atoms with Gasteiger partial charge in [0, 0.05) is 24.3 Å². The summed E-state index contributed by atoms with van der Waals surface area (Å²) in [5, 5.41) is 13.5. The van der Waals surface area contributed by atoms with Gasteiger partial charge in [-0.15, -0.1) is 0 Å². The molecule has 3 saturated carbocycles. The van der Waals surface area contributed by atoms with Crippen molar-refractivity contribution in [3.05, 3.63) is 11.6 Å². The Balaban J connectivity index is 1.45. The van der Waals surface area contributed by atoms with Gasteiger partial charge in [0.15, 0.2) is 0 Å². The quantitative estimate of drug-likeness (QED) is 0.224. The molecule has 5 aliphatic rings. The van der Waals surface area contributed by atoms with Crippen LogP contribution in [0.3, 0.4) is 0 Å². The van der Waals surface area contributed by atoms with Crippen molar-refractivity contribution in [1.29, 1.82) is 0 Å². The average Bonchev–Trinajstić information content (AvgIpc) is 2.89. The second-order valence-corrected chi connectivity index (χ2v) is 13.6. The number of hydrogen-bond acceptors (Lipinski definition) is 6. The van der Waals surface area contributed by atoms with Crippen LogP contribution in [0.1, 0.15) is 78.6 Å². The van der Waals surface area contributed by atoms with Crippen LogP contribution in [0.4, 0.5) is 0 Å². The van der Waals surface area contributed by atoms with Crippen LogP contribution in [0, 0.1) is 52.8 Å². The van der Waals surface area contributed by atoms with Gasteiger partial charge < -0.3 is 24.6 Å². The predicted molar refractivity (Wildman–Crippen MR) is 149 cm³/mol. The lowest BCUT2D eigenvalue weighted by atomic mass is 9.45. The first-order chi connectivity index (χ1) is 18.8. The van der Waals surface area contributed by atoms with E-state index in [9.17, 15) is 14.7 Å².